The molecule has 0 saturated carbocycles. The lowest BCUT2D eigenvalue weighted by molar-refractivity contribution is -0.124. The van der Waals surface area contributed by atoms with E-state index in [1.807, 2.05) is 24.4 Å². The molecule has 2 N–H and O–H groups in total. The Kier molecular flexibility index (Phi) is 6.51. The fourth-order valence-electron chi connectivity index (χ4n) is 1.94. The Morgan fingerprint density at radius 3 is 2.67 bits per heavy atom. The SMILES string of the molecule is CCCNC(=O)COC(=O)c1c(-c2cccs2)csc1NC(C)=O. The molecule has 0 spiro atoms. The quantitative estimate of drug-likeness (QED) is 0.738. The zero-order valence-electron chi connectivity index (χ0n) is 13.4. The summed E-state index contributed by atoms with van der Waals surface area (Å²) in [5, 5.41) is 9.40. The van der Waals surface area contributed by atoms with Gasteiger partial charge in [-0.3, -0.25) is 9.59 Å². The van der Waals surface area contributed by atoms with E-state index >= 15 is 0 Å². The first kappa shape index (κ1) is 18.2. The predicted molar refractivity (Wildman–Crippen MR) is 95.5 cm³/mol. The number of hydrogen-bond acceptors (Lipinski definition) is 6. The molecule has 0 bridgehead atoms. The van der Waals surface area contributed by atoms with E-state index in [4.69, 9.17) is 4.74 Å². The van der Waals surface area contributed by atoms with Crippen LogP contribution in [-0.2, 0) is 14.3 Å². The summed E-state index contributed by atoms with van der Waals surface area (Å²) in [6.07, 6.45) is 0.805. The zero-order chi connectivity index (χ0) is 17.5. The van der Waals surface area contributed by atoms with Crippen LogP contribution in [0.1, 0.15) is 30.6 Å². The van der Waals surface area contributed by atoms with Gasteiger partial charge >= 0.3 is 5.97 Å². The number of rotatable bonds is 7. The summed E-state index contributed by atoms with van der Waals surface area (Å²) in [6, 6.07) is 3.76. The van der Waals surface area contributed by atoms with Crippen molar-refractivity contribution in [2.24, 2.45) is 0 Å². The van der Waals surface area contributed by atoms with E-state index in [1.54, 1.807) is 5.38 Å². The average molecular weight is 366 g/mol. The van der Waals surface area contributed by atoms with Crippen molar-refractivity contribution in [1.29, 1.82) is 0 Å². The second-order valence-corrected chi connectivity index (χ2v) is 6.77. The van der Waals surface area contributed by atoms with Crippen molar-refractivity contribution in [1.82, 2.24) is 5.32 Å². The molecule has 0 aliphatic rings. The Labute approximate surface area is 147 Å². The smallest absolute Gasteiger partial charge is 0.342 e. The maximum Gasteiger partial charge on any atom is 0.342 e. The van der Waals surface area contributed by atoms with Gasteiger partial charge in [0.15, 0.2) is 6.61 Å². The van der Waals surface area contributed by atoms with E-state index in [9.17, 15) is 14.4 Å². The van der Waals surface area contributed by atoms with Crippen LogP contribution in [0.2, 0.25) is 0 Å². The molecule has 0 unspecified atom stereocenters. The molecule has 8 heteroatoms. The molecule has 2 aromatic rings. The van der Waals surface area contributed by atoms with Crippen LogP contribution in [0.15, 0.2) is 22.9 Å². The maximum atomic E-state index is 12.5. The Balaban J connectivity index is 2.19. The number of esters is 1. The third-order valence-electron chi connectivity index (χ3n) is 2.98. The molecular weight excluding hydrogens is 348 g/mol. The molecule has 0 aliphatic heterocycles. The molecule has 0 fully saturated rings. The molecule has 24 heavy (non-hydrogen) atoms. The lowest BCUT2D eigenvalue weighted by Gasteiger charge is -2.08. The van der Waals surface area contributed by atoms with Gasteiger partial charge in [0.1, 0.15) is 10.6 Å². The van der Waals surface area contributed by atoms with Crippen LogP contribution in [0.25, 0.3) is 10.4 Å². The van der Waals surface area contributed by atoms with Crippen LogP contribution >= 0.6 is 22.7 Å². The first-order chi connectivity index (χ1) is 11.5. The number of hydrogen-bond donors (Lipinski definition) is 2. The van der Waals surface area contributed by atoms with Gasteiger partial charge in [-0.05, 0) is 17.9 Å². The summed E-state index contributed by atoms with van der Waals surface area (Å²) in [4.78, 5) is 36.3. The van der Waals surface area contributed by atoms with Crippen LogP contribution in [0.4, 0.5) is 5.00 Å². The number of thiophene rings is 2. The van der Waals surface area contributed by atoms with Crippen molar-refractivity contribution in [2.45, 2.75) is 20.3 Å². The van der Waals surface area contributed by atoms with Gasteiger partial charge < -0.3 is 15.4 Å². The molecular formula is C16H18N2O4S2. The monoisotopic (exact) mass is 366 g/mol. The summed E-state index contributed by atoms with van der Waals surface area (Å²) < 4.78 is 5.12. The van der Waals surface area contributed by atoms with Crippen LogP contribution in [0.3, 0.4) is 0 Å². The van der Waals surface area contributed by atoms with E-state index in [-0.39, 0.29) is 24.0 Å². The Morgan fingerprint density at radius 1 is 1.25 bits per heavy atom. The third-order valence-corrected chi connectivity index (χ3v) is 4.78. The topological polar surface area (TPSA) is 84.5 Å². The summed E-state index contributed by atoms with van der Waals surface area (Å²) in [5.74, 6) is -1.25. The molecule has 0 aromatic carbocycles. The molecule has 0 atom stereocenters. The van der Waals surface area contributed by atoms with E-state index in [2.05, 4.69) is 10.6 Å². The largest absolute Gasteiger partial charge is 0.452 e. The number of nitrogens with one attached hydrogen (secondary N) is 2. The predicted octanol–water partition coefficient (Wildman–Crippen LogP) is 3.12. The fourth-order valence-corrected chi connectivity index (χ4v) is 3.76. The number of anilines is 1. The third kappa shape index (κ3) is 4.65. The van der Waals surface area contributed by atoms with Gasteiger partial charge in [-0.2, -0.15) is 0 Å². The van der Waals surface area contributed by atoms with Crippen molar-refractivity contribution in [3.63, 3.8) is 0 Å². The molecule has 128 valence electrons. The van der Waals surface area contributed by atoms with Gasteiger partial charge in [0.05, 0.1) is 0 Å². The molecule has 0 saturated heterocycles. The van der Waals surface area contributed by atoms with Crippen molar-refractivity contribution in [3.05, 3.63) is 28.5 Å². The highest BCUT2D eigenvalue weighted by atomic mass is 32.1. The summed E-state index contributed by atoms with van der Waals surface area (Å²) in [5.41, 5.74) is 0.971. The Hall–Kier alpha value is -2.19. The van der Waals surface area contributed by atoms with Gasteiger partial charge in [0.2, 0.25) is 5.91 Å². The van der Waals surface area contributed by atoms with Crippen molar-refractivity contribution in [2.75, 3.05) is 18.5 Å². The lowest BCUT2D eigenvalue weighted by Crippen LogP contribution is -2.29. The minimum absolute atomic E-state index is 0.274. The summed E-state index contributed by atoms with van der Waals surface area (Å²) >= 11 is 2.73. The van der Waals surface area contributed by atoms with Gasteiger partial charge in [-0.15, -0.1) is 22.7 Å². The Morgan fingerprint density at radius 2 is 2.04 bits per heavy atom. The van der Waals surface area contributed by atoms with Gasteiger partial charge in [-0.25, -0.2) is 4.79 Å². The average Bonchev–Trinajstić information content (AvgIpc) is 3.19. The van der Waals surface area contributed by atoms with Crippen LogP contribution in [0.5, 0.6) is 0 Å². The molecule has 2 heterocycles. The van der Waals surface area contributed by atoms with E-state index in [1.165, 1.54) is 29.6 Å². The van der Waals surface area contributed by atoms with Crippen LogP contribution < -0.4 is 10.6 Å². The van der Waals surface area contributed by atoms with Gasteiger partial charge in [0, 0.05) is 29.3 Å². The minimum atomic E-state index is -0.630. The van der Waals surface area contributed by atoms with Crippen molar-refractivity contribution < 1.29 is 19.1 Å². The number of carbonyl (C=O) groups excluding carboxylic acids is 3. The lowest BCUT2D eigenvalue weighted by atomic mass is 10.1. The molecule has 2 aromatic heterocycles. The number of ether oxygens (including phenoxy) is 1. The first-order valence-corrected chi connectivity index (χ1v) is 9.15. The molecule has 2 amide bonds. The fraction of sp³-hybridized carbons (Fsp3) is 0.312. The van der Waals surface area contributed by atoms with Crippen LogP contribution in [0, 0.1) is 0 Å². The standard InChI is InChI=1S/C16H18N2O4S2/c1-3-6-17-13(20)8-22-16(21)14-11(12-5-4-7-23-12)9-24-15(14)18-10(2)19/h4-5,7,9H,3,6,8H2,1-2H3,(H,17,20)(H,18,19). The summed E-state index contributed by atoms with van der Waals surface area (Å²) in [7, 11) is 0. The first-order valence-electron chi connectivity index (χ1n) is 7.39. The second-order valence-electron chi connectivity index (χ2n) is 4.94. The van der Waals surface area contributed by atoms with E-state index in [0.717, 1.165) is 11.3 Å². The minimum Gasteiger partial charge on any atom is -0.452 e. The maximum absolute atomic E-state index is 12.5. The zero-order valence-corrected chi connectivity index (χ0v) is 15.0. The summed E-state index contributed by atoms with van der Waals surface area (Å²) in [6.45, 7) is 3.49. The Bertz CT molecular complexity index is 723. The van der Waals surface area contributed by atoms with Gasteiger partial charge in [0.25, 0.3) is 5.91 Å². The molecule has 6 nitrogen and oxygen atoms in total. The van der Waals surface area contributed by atoms with Crippen molar-refractivity contribution in [3.8, 4) is 10.4 Å². The van der Waals surface area contributed by atoms with Crippen molar-refractivity contribution >= 4 is 45.5 Å². The number of amides is 2. The highest BCUT2D eigenvalue weighted by Gasteiger charge is 2.23. The molecule has 0 radical (unpaired) electrons. The van der Waals surface area contributed by atoms with Gasteiger partial charge in [-0.1, -0.05) is 13.0 Å². The van der Waals surface area contributed by atoms with E-state index < -0.39 is 5.97 Å². The normalized spacial score (nSPS) is 10.2. The number of carbonyl (C=O) groups is 3. The second kappa shape index (κ2) is 8.60. The highest BCUT2D eigenvalue weighted by Crippen LogP contribution is 2.38. The highest BCUT2D eigenvalue weighted by molar-refractivity contribution is 7.17. The van der Waals surface area contributed by atoms with Crippen LogP contribution in [-0.4, -0.2) is 30.9 Å². The molecule has 0 aliphatic carbocycles. The molecule has 2 rings (SSSR count). The van der Waals surface area contributed by atoms with E-state index in [0.29, 0.717) is 17.1 Å².